The predicted molar refractivity (Wildman–Crippen MR) is 134 cm³/mol. The Labute approximate surface area is 205 Å². The van der Waals surface area contributed by atoms with Crippen molar-refractivity contribution in [2.24, 2.45) is 5.92 Å². The normalized spacial score (nSPS) is 17.5. The van der Waals surface area contributed by atoms with Crippen LogP contribution in [0, 0.1) is 5.92 Å². The molecular formula is C25H35N7O3. The summed E-state index contributed by atoms with van der Waals surface area (Å²) in [5.74, 6) is 2.26. The summed E-state index contributed by atoms with van der Waals surface area (Å²) in [7, 11) is 1.69. The molecule has 0 radical (unpaired) electrons. The SMILES string of the molecule is COc1cc(CNC2CCOCC2)ccc1Cn1ncc2nc(N)nc(N[C@H](CO)CC3CC3)c21. The van der Waals surface area contributed by atoms with Crippen LogP contribution in [0.25, 0.3) is 11.0 Å². The molecule has 1 aromatic carbocycles. The number of nitrogens with one attached hydrogen (secondary N) is 2. The van der Waals surface area contributed by atoms with Crippen molar-refractivity contribution in [2.75, 3.05) is 38.0 Å². The maximum absolute atomic E-state index is 9.89. The molecule has 10 nitrogen and oxygen atoms in total. The summed E-state index contributed by atoms with van der Waals surface area (Å²) in [6, 6.07) is 6.70. The summed E-state index contributed by atoms with van der Waals surface area (Å²) in [5.41, 5.74) is 9.58. The van der Waals surface area contributed by atoms with E-state index in [0.29, 0.717) is 29.8 Å². The molecule has 1 saturated heterocycles. The summed E-state index contributed by atoms with van der Waals surface area (Å²) in [5, 5.41) is 21.5. The zero-order valence-electron chi connectivity index (χ0n) is 20.2. The first-order valence-corrected chi connectivity index (χ1v) is 12.5. The Hall–Kier alpha value is -2.95. The Morgan fingerprint density at radius 3 is 2.80 bits per heavy atom. The average molecular weight is 482 g/mol. The third kappa shape index (κ3) is 5.83. The van der Waals surface area contributed by atoms with Crippen LogP contribution in [-0.4, -0.2) is 63.9 Å². The Bertz CT molecular complexity index is 1140. The quantitative estimate of drug-likeness (QED) is 0.326. The highest BCUT2D eigenvalue weighted by atomic mass is 16.5. The maximum atomic E-state index is 9.89. The van der Waals surface area contributed by atoms with E-state index in [-0.39, 0.29) is 18.6 Å². The van der Waals surface area contributed by atoms with E-state index < -0.39 is 0 Å². The lowest BCUT2D eigenvalue weighted by Gasteiger charge is -2.23. The summed E-state index contributed by atoms with van der Waals surface area (Å²) >= 11 is 0. The summed E-state index contributed by atoms with van der Waals surface area (Å²) in [6.07, 6.45) is 7.14. The molecule has 2 aliphatic rings. The molecule has 3 aromatic rings. The number of hydrogen-bond acceptors (Lipinski definition) is 9. The van der Waals surface area contributed by atoms with Gasteiger partial charge in [0.2, 0.25) is 5.95 Å². The number of nitrogen functional groups attached to an aromatic ring is 1. The Balaban J connectivity index is 1.35. The van der Waals surface area contributed by atoms with Gasteiger partial charge in [0.05, 0.1) is 32.5 Å². The minimum atomic E-state index is -0.0830. The van der Waals surface area contributed by atoms with Gasteiger partial charge in [-0.1, -0.05) is 25.0 Å². The second-order valence-electron chi connectivity index (χ2n) is 9.58. The fraction of sp³-hybridized carbons (Fsp3) is 0.560. The highest BCUT2D eigenvalue weighted by Gasteiger charge is 2.26. The van der Waals surface area contributed by atoms with Crippen LogP contribution in [-0.2, 0) is 17.8 Å². The number of anilines is 2. The zero-order chi connectivity index (χ0) is 24.2. The average Bonchev–Trinajstić information content (AvgIpc) is 3.61. The van der Waals surface area contributed by atoms with Crippen molar-refractivity contribution in [1.82, 2.24) is 25.1 Å². The highest BCUT2D eigenvalue weighted by Crippen LogP contribution is 2.34. The molecule has 188 valence electrons. The van der Waals surface area contributed by atoms with Gasteiger partial charge in [0, 0.05) is 31.4 Å². The smallest absolute Gasteiger partial charge is 0.222 e. The minimum absolute atomic E-state index is 0.0350. The maximum Gasteiger partial charge on any atom is 0.222 e. The number of aliphatic hydroxyl groups is 1. The first-order chi connectivity index (χ1) is 17.1. The van der Waals surface area contributed by atoms with Gasteiger partial charge < -0.3 is 30.9 Å². The van der Waals surface area contributed by atoms with Gasteiger partial charge in [-0.05, 0) is 36.8 Å². The van der Waals surface area contributed by atoms with Crippen molar-refractivity contribution in [1.29, 1.82) is 0 Å². The monoisotopic (exact) mass is 481 g/mol. The number of methoxy groups -OCH3 is 1. The standard InChI is InChI=1S/C25H35N7O3/c1-34-22-11-17(12-27-19-6-8-35-9-7-19)4-5-18(22)14-32-23-21(13-28-32)30-25(26)31-24(23)29-20(15-33)10-16-2-3-16/h4-5,11,13,16,19-20,27,33H,2-3,6-10,12,14-15H2,1H3,(H3,26,29,30,31)/t20-/m0/s1. The van der Waals surface area contributed by atoms with Crippen LogP contribution in [0.2, 0.25) is 0 Å². The lowest BCUT2D eigenvalue weighted by molar-refractivity contribution is 0.0776. The number of fused-ring (bicyclic) bond motifs is 1. The molecule has 1 aliphatic heterocycles. The lowest BCUT2D eigenvalue weighted by Crippen LogP contribution is -2.34. The van der Waals surface area contributed by atoms with Crippen LogP contribution in [0.5, 0.6) is 5.75 Å². The van der Waals surface area contributed by atoms with Gasteiger partial charge in [0.15, 0.2) is 5.82 Å². The first kappa shape index (κ1) is 23.8. The number of aliphatic hydroxyl groups excluding tert-OH is 1. The molecular weight excluding hydrogens is 446 g/mol. The van der Waals surface area contributed by atoms with Crippen LogP contribution in [0.15, 0.2) is 24.4 Å². The van der Waals surface area contributed by atoms with Crippen molar-refractivity contribution >= 4 is 22.8 Å². The van der Waals surface area contributed by atoms with Gasteiger partial charge in [0.1, 0.15) is 16.8 Å². The zero-order valence-corrected chi connectivity index (χ0v) is 20.2. The Kier molecular flexibility index (Phi) is 7.31. The van der Waals surface area contributed by atoms with E-state index >= 15 is 0 Å². The van der Waals surface area contributed by atoms with E-state index in [1.807, 2.05) is 4.68 Å². The lowest BCUT2D eigenvalue weighted by atomic mass is 10.1. The number of ether oxygens (including phenoxy) is 2. The summed E-state index contributed by atoms with van der Waals surface area (Å²) in [6.45, 7) is 2.96. The largest absolute Gasteiger partial charge is 0.496 e. The van der Waals surface area contributed by atoms with Crippen molar-refractivity contribution in [2.45, 2.75) is 57.3 Å². The molecule has 0 bridgehead atoms. The fourth-order valence-corrected chi connectivity index (χ4v) is 4.72. The molecule has 1 saturated carbocycles. The molecule has 1 aliphatic carbocycles. The second-order valence-corrected chi connectivity index (χ2v) is 9.58. The highest BCUT2D eigenvalue weighted by molar-refractivity contribution is 5.86. The number of nitrogens with zero attached hydrogens (tertiary/aromatic N) is 4. The van der Waals surface area contributed by atoms with E-state index in [4.69, 9.17) is 15.2 Å². The van der Waals surface area contributed by atoms with Gasteiger partial charge in [-0.3, -0.25) is 4.68 Å². The Morgan fingerprint density at radius 1 is 1.23 bits per heavy atom. The molecule has 2 aromatic heterocycles. The number of rotatable bonds is 11. The summed E-state index contributed by atoms with van der Waals surface area (Å²) in [4.78, 5) is 8.81. The Morgan fingerprint density at radius 2 is 2.06 bits per heavy atom. The van der Waals surface area contributed by atoms with Crippen molar-refractivity contribution in [3.8, 4) is 5.75 Å². The third-order valence-corrected chi connectivity index (χ3v) is 6.87. The molecule has 2 fully saturated rings. The molecule has 3 heterocycles. The van der Waals surface area contributed by atoms with Crippen LogP contribution in [0.3, 0.4) is 0 Å². The van der Waals surface area contributed by atoms with Crippen LogP contribution >= 0.6 is 0 Å². The molecule has 1 atom stereocenters. The molecule has 5 N–H and O–H groups in total. The van der Waals surface area contributed by atoms with E-state index in [1.54, 1.807) is 13.3 Å². The van der Waals surface area contributed by atoms with Gasteiger partial charge in [-0.25, -0.2) is 4.98 Å². The topological polar surface area (TPSA) is 132 Å². The molecule has 0 spiro atoms. The third-order valence-electron chi connectivity index (χ3n) is 6.87. The predicted octanol–water partition coefficient (Wildman–Crippen LogP) is 2.31. The second kappa shape index (κ2) is 10.8. The molecule has 10 heteroatoms. The molecule has 0 unspecified atom stereocenters. The van der Waals surface area contributed by atoms with E-state index in [0.717, 1.165) is 55.9 Å². The first-order valence-electron chi connectivity index (χ1n) is 12.5. The van der Waals surface area contributed by atoms with Gasteiger partial charge >= 0.3 is 0 Å². The number of hydrogen-bond donors (Lipinski definition) is 4. The van der Waals surface area contributed by atoms with Gasteiger partial charge in [0.25, 0.3) is 0 Å². The fourth-order valence-electron chi connectivity index (χ4n) is 4.72. The van der Waals surface area contributed by atoms with Crippen molar-refractivity contribution in [3.63, 3.8) is 0 Å². The molecule has 0 amide bonds. The summed E-state index contributed by atoms with van der Waals surface area (Å²) < 4.78 is 13.0. The molecule has 35 heavy (non-hydrogen) atoms. The van der Waals surface area contributed by atoms with Crippen molar-refractivity contribution < 1.29 is 14.6 Å². The van der Waals surface area contributed by atoms with Crippen LogP contribution in [0.4, 0.5) is 11.8 Å². The number of aromatic nitrogens is 4. The number of nitrogens with two attached hydrogens (primary N) is 1. The molecule has 5 rings (SSSR count). The van der Waals surface area contributed by atoms with Crippen LogP contribution < -0.4 is 21.1 Å². The van der Waals surface area contributed by atoms with Crippen molar-refractivity contribution in [3.05, 3.63) is 35.5 Å². The number of benzene rings is 1. The van der Waals surface area contributed by atoms with Gasteiger partial charge in [-0.2, -0.15) is 10.1 Å². The van der Waals surface area contributed by atoms with Crippen LogP contribution in [0.1, 0.15) is 43.2 Å². The minimum Gasteiger partial charge on any atom is -0.496 e. The van der Waals surface area contributed by atoms with Gasteiger partial charge in [-0.15, -0.1) is 0 Å². The van der Waals surface area contributed by atoms with E-state index in [9.17, 15) is 5.11 Å². The van der Waals surface area contributed by atoms with E-state index in [1.165, 1.54) is 18.4 Å². The van der Waals surface area contributed by atoms with E-state index in [2.05, 4.69) is 43.9 Å².